The molecule has 1 aliphatic rings. The Morgan fingerprint density at radius 3 is 0.857 bits per heavy atom. The van der Waals surface area contributed by atoms with E-state index in [0.29, 0.717) is 0 Å². The fraction of sp³-hybridized carbons (Fsp3) is 0.0164. The van der Waals surface area contributed by atoms with Crippen LogP contribution in [-0.2, 0) is 0 Å². The van der Waals surface area contributed by atoms with Crippen LogP contribution in [0.1, 0.15) is 12.0 Å². The molecule has 2 heteroatoms. The minimum Gasteiger partial charge on any atom is -0.311 e. The van der Waals surface area contributed by atoms with Gasteiger partial charge in [-0.05, 0) is 135 Å². The van der Waals surface area contributed by atoms with Crippen LogP contribution < -0.4 is 9.80 Å². The van der Waals surface area contributed by atoms with Crippen LogP contribution in [0.3, 0.4) is 0 Å². The molecule has 0 aromatic heterocycles. The molecule has 0 amide bonds. The second kappa shape index (κ2) is 18.2. The van der Waals surface area contributed by atoms with Crippen molar-refractivity contribution >= 4 is 39.7 Å². The highest BCUT2D eigenvalue weighted by atomic mass is 15.1. The Labute approximate surface area is 371 Å². The highest BCUT2D eigenvalue weighted by Crippen LogP contribution is 2.40. The van der Waals surface area contributed by atoms with E-state index in [0.717, 1.165) is 51.7 Å². The summed E-state index contributed by atoms with van der Waals surface area (Å²) in [5, 5.41) is 0. The molecule has 2 nitrogen and oxygen atoms in total. The maximum Gasteiger partial charge on any atom is 0.0462 e. The van der Waals surface area contributed by atoms with Crippen LogP contribution in [-0.4, -0.2) is 0 Å². The molecular weight excluding hydrogens is 761 g/mol. The molecule has 0 saturated heterocycles. The van der Waals surface area contributed by atoms with Crippen molar-refractivity contribution in [2.45, 2.75) is 6.42 Å². The molecule has 0 atom stereocenters. The molecule has 1 aliphatic carbocycles. The van der Waals surface area contributed by atoms with Gasteiger partial charge in [0, 0.05) is 34.1 Å². The van der Waals surface area contributed by atoms with Crippen LogP contribution in [0.5, 0.6) is 0 Å². The summed E-state index contributed by atoms with van der Waals surface area (Å²) in [6.45, 7) is 0. The third kappa shape index (κ3) is 8.70. The third-order valence-corrected chi connectivity index (χ3v) is 11.7. The van der Waals surface area contributed by atoms with Crippen molar-refractivity contribution in [3.05, 3.63) is 273 Å². The van der Waals surface area contributed by atoms with Crippen LogP contribution in [0.2, 0.25) is 0 Å². The van der Waals surface area contributed by atoms with Gasteiger partial charge in [0.05, 0.1) is 0 Å². The first kappa shape index (κ1) is 39.0. The SMILES string of the molecule is C1=CCC=C(c2ccc(-c3ccc(N(c4ccccc4)c4ccc(-c5ccc(N(c6ccc(-c7ccccc7)cc6)c6ccc(-c7ccccc7)cc6)cc5)cc4)cc3)cc2)C=C1. The first-order valence-electron chi connectivity index (χ1n) is 21.6. The topological polar surface area (TPSA) is 6.48 Å². The molecule has 63 heavy (non-hydrogen) atoms. The minimum absolute atomic E-state index is 0.955. The highest BCUT2D eigenvalue weighted by Gasteiger charge is 2.16. The first-order valence-corrected chi connectivity index (χ1v) is 21.6. The lowest BCUT2D eigenvalue weighted by Gasteiger charge is -2.26. The molecular formula is C61H46N2. The third-order valence-electron chi connectivity index (χ3n) is 11.7. The fourth-order valence-electron chi connectivity index (χ4n) is 8.40. The smallest absolute Gasteiger partial charge is 0.0462 e. The van der Waals surface area contributed by atoms with Crippen molar-refractivity contribution in [2.75, 3.05) is 9.80 Å². The summed E-state index contributed by atoms with van der Waals surface area (Å²) in [6.07, 6.45) is 11.8. The van der Waals surface area contributed by atoms with Gasteiger partial charge in [0.1, 0.15) is 0 Å². The lowest BCUT2D eigenvalue weighted by molar-refractivity contribution is 1.28. The van der Waals surface area contributed by atoms with Crippen molar-refractivity contribution in [2.24, 2.45) is 0 Å². The number of benzene rings is 9. The van der Waals surface area contributed by atoms with Crippen LogP contribution >= 0.6 is 0 Å². The molecule has 0 saturated carbocycles. The molecule has 0 unspecified atom stereocenters. The molecule has 0 heterocycles. The van der Waals surface area contributed by atoms with Crippen molar-refractivity contribution < 1.29 is 0 Å². The van der Waals surface area contributed by atoms with E-state index in [-0.39, 0.29) is 0 Å². The lowest BCUT2D eigenvalue weighted by Crippen LogP contribution is -2.10. The van der Waals surface area contributed by atoms with Gasteiger partial charge in [0.25, 0.3) is 0 Å². The zero-order valence-electron chi connectivity index (χ0n) is 35.0. The molecule has 9 aromatic carbocycles. The van der Waals surface area contributed by atoms with Crippen molar-refractivity contribution in [3.63, 3.8) is 0 Å². The van der Waals surface area contributed by atoms with E-state index < -0.39 is 0 Å². The molecule has 0 aliphatic heterocycles. The van der Waals surface area contributed by atoms with Gasteiger partial charge in [0.15, 0.2) is 0 Å². The number of nitrogens with zero attached hydrogens (tertiary/aromatic N) is 2. The van der Waals surface area contributed by atoms with Gasteiger partial charge in [-0.1, -0.05) is 194 Å². The van der Waals surface area contributed by atoms with Crippen molar-refractivity contribution in [1.82, 2.24) is 0 Å². The molecule has 9 aromatic rings. The van der Waals surface area contributed by atoms with Gasteiger partial charge in [-0.2, -0.15) is 0 Å². The molecule has 0 spiro atoms. The molecule has 10 rings (SSSR count). The second-order valence-corrected chi connectivity index (χ2v) is 15.7. The van der Waals surface area contributed by atoms with E-state index in [9.17, 15) is 0 Å². The van der Waals surface area contributed by atoms with Crippen LogP contribution in [0.25, 0.3) is 50.1 Å². The summed E-state index contributed by atoms with van der Waals surface area (Å²) >= 11 is 0. The van der Waals surface area contributed by atoms with Crippen LogP contribution in [0, 0.1) is 0 Å². The molecule has 0 radical (unpaired) electrons. The summed E-state index contributed by atoms with van der Waals surface area (Å²) in [6, 6.07) is 85.1. The van der Waals surface area contributed by atoms with Crippen molar-refractivity contribution in [3.8, 4) is 44.5 Å². The molecule has 0 fully saturated rings. The first-order chi connectivity index (χ1) is 31.2. The molecule has 0 bridgehead atoms. The summed E-state index contributed by atoms with van der Waals surface area (Å²) < 4.78 is 0. The van der Waals surface area contributed by atoms with Gasteiger partial charge >= 0.3 is 0 Å². The molecule has 300 valence electrons. The normalized spacial score (nSPS) is 12.0. The fourth-order valence-corrected chi connectivity index (χ4v) is 8.40. The van der Waals surface area contributed by atoms with E-state index in [1.54, 1.807) is 0 Å². The monoisotopic (exact) mass is 806 g/mol. The van der Waals surface area contributed by atoms with Gasteiger partial charge in [-0.25, -0.2) is 0 Å². The van der Waals surface area contributed by atoms with Gasteiger partial charge < -0.3 is 9.80 Å². The van der Waals surface area contributed by atoms with E-state index in [1.165, 1.54) is 44.5 Å². The van der Waals surface area contributed by atoms with Crippen molar-refractivity contribution in [1.29, 1.82) is 0 Å². The Kier molecular flexibility index (Phi) is 11.3. The predicted molar refractivity (Wildman–Crippen MR) is 268 cm³/mol. The summed E-state index contributed by atoms with van der Waals surface area (Å²) in [5.74, 6) is 0. The van der Waals surface area contributed by atoms with Gasteiger partial charge in [0.2, 0.25) is 0 Å². The second-order valence-electron chi connectivity index (χ2n) is 15.7. The Balaban J connectivity index is 0.916. The lowest BCUT2D eigenvalue weighted by atomic mass is 9.99. The zero-order valence-corrected chi connectivity index (χ0v) is 35.0. The van der Waals surface area contributed by atoms with E-state index in [4.69, 9.17) is 0 Å². The molecule has 0 N–H and O–H groups in total. The summed E-state index contributed by atoms with van der Waals surface area (Å²) in [5.41, 5.74) is 18.6. The van der Waals surface area contributed by atoms with Gasteiger partial charge in [-0.3, -0.25) is 0 Å². The van der Waals surface area contributed by atoms with Crippen LogP contribution in [0.4, 0.5) is 34.1 Å². The Morgan fingerprint density at radius 1 is 0.238 bits per heavy atom. The number of hydrogen-bond donors (Lipinski definition) is 0. The standard InChI is InChI=1S/C61H46N2/c1-2-7-15-46(14-6-1)49-22-24-50(25-23-49)53-30-40-57(41-31-53)62(56-20-12-5-13-21-56)58-42-32-54(33-43-58)55-34-44-61(45-35-55)63(59-36-26-51(27-37-59)47-16-8-3-9-17-47)60-38-28-52(29-39-60)48-18-10-4-11-19-48/h1-6,8-45H,7H2. The highest BCUT2D eigenvalue weighted by molar-refractivity contribution is 5.83. The summed E-state index contributed by atoms with van der Waals surface area (Å²) in [7, 11) is 0. The average molecular weight is 807 g/mol. The Morgan fingerprint density at radius 2 is 0.508 bits per heavy atom. The average Bonchev–Trinajstić information content (AvgIpc) is 3.66. The minimum atomic E-state index is 0.955. The Bertz CT molecular complexity index is 2900. The van der Waals surface area contributed by atoms with E-state index in [2.05, 4.69) is 277 Å². The maximum absolute atomic E-state index is 2.33. The van der Waals surface area contributed by atoms with E-state index in [1.807, 2.05) is 0 Å². The Hall–Kier alpha value is -8.20. The van der Waals surface area contributed by atoms with Crippen LogP contribution in [0.15, 0.2) is 267 Å². The number of anilines is 6. The number of hydrogen-bond acceptors (Lipinski definition) is 2. The quantitative estimate of drug-likeness (QED) is 0.128. The predicted octanol–water partition coefficient (Wildman–Crippen LogP) is 17.2. The number of para-hydroxylation sites is 1. The maximum atomic E-state index is 2.33. The number of rotatable bonds is 11. The summed E-state index contributed by atoms with van der Waals surface area (Å²) in [4.78, 5) is 4.66. The zero-order chi connectivity index (χ0) is 42.2. The van der Waals surface area contributed by atoms with Gasteiger partial charge in [-0.15, -0.1) is 0 Å². The van der Waals surface area contributed by atoms with E-state index >= 15 is 0 Å². The largest absolute Gasteiger partial charge is 0.311 e. The number of allylic oxidation sites excluding steroid dienone is 6.